The molecule has 3 N–H and O–H groups in total. The van der Waals surface area contributed by atoms with Gasteiger partial charge in [0, 0.05) is 35.1 Å². The van der Waals surface area contributed by atoms with Crippen molar-refractivity contribution in [3.8, 4) is 23.0 Å². The Bertz CT molecular complexity index is 1190. The minimum atomic E-state index is -1.49. The average Bonchev–Trinajstić information content (AvgIpc) is 2.94. The van der Waals surface area contributed by atoms with Crippen LogP contribution in [0.4, 0.5) is 0 Å². The van der Waals surface area contributed by atoms with Crippen LogP contribution in [-0.2, 0) is 21.6 Å². The average molecular weight is 509 g/mol. The first-order valence-electron chi connectivity index (χ1n) is 12.0. The van der Waals surface area contributed by atoms with Gasteiger partial charge in [-0.1, -0.05) is 31.2 Å². The van der Waals surface area contributed by atoms with Crippen molar-refractivity contribution in [1.29, 1.82) is 0 Å². The number of methoxy groups -OCH3 is 2. The molecular formula is C29H32O8. The molecule has 3 aromatic rings. The van der Waals surface area contributed by atoms with Gasteiger partial charge in [-0.25, -0.2) is 0 Å². The largest absolute Gasteiger partial charge is 0.497 e. The lowest BCUT2D eigenvalue weighted by Crippen LogP contribution is -2.32. The molecule has 0 atom stereocenters. The number of esters is 1. The number of carbonyl (C=O) groups excluding carboxylic acids is 1. The third-order valence-corrected chi connectivity index (χ3v) is 6.71. The van der Waals surface area contributed by atoms with E-state index in [1.54, 1.807) is 57.5 Å². The number of carbonyl (C=O) groups is 1. The lowest BCUT2D eigenvalue weighted by molar-refractivity contribution is -0.148. The van der Waals surface area contributed by atoms with Crippen LogP contribution < -0.4 is 14.2 Å². The molecule has 0 saturated heterocycles. The Balaban J connectivity index is 1.58. The molecule has 0 unspecified atom stereocenters. The van der Waals surface area contributed by atoms with E-state index < -0.39 is 17.0 Å². The highest BCUT2D eigenvalue weighted by molar-refractivity contribution is 5.70. The number of fused-ring (bicyclic) bond motifs is 2. The van der Waals surface area contributed by atoms with Gasteiger partial charge in [0.15, 0.2) is 0 Å². The summed E-state index contributed by atoms with van der Waals surface area (Å²) in [6, 6.07) is 18.0. The van der Waals surface area contributed by atoms with Crippen LogP contribution in [0.2, 0.25) is 0 Å². The van der Waals surface area contributed by atoms with Crippen LogP contribution in [0.5, 0.6) is 23.0 Å². The lowest BCUT2D eigenvalue weighted by Gasteiger charge is -2.36. The molecule has 0 amide bonds. The molecule has 1 aliphatic rings. The van der Waals surface area contributed by atoms with Crippen molar-refractivity contribution in [1.82, 2.24) is 0 Å². The van der Waals surface area contributed by atoms with E-state index in [0.717, 1.165) is 5.56 Å². The zero-order chi connectivity index (χ0) is 26.6. The molecule has 3 aromatic carbocycles. The van der Waals surface area contributed by atoms with Crippen LogP contribution in [0.15, 0.2) is 60.7 Å². The maximum Gasteiger partial charge on any atom is 0.306 e. The molecule has 4 rings (SSSR count). The zero-order valence-corrected chi connectivity index (χ0v) is 21.2. The number of aryl methyl sites for hydroxylation is 1. The van der Waals surface area contributed by atoms with E-state index in [1.807, 2.05) is 24.3 Å². The fourth-order valence-electron chi connectivity index (χ4n) is 4.23. The molecular weight excluding hydrogens is 476 g/mol. The second-order valence-corrected chi connectivity index (χ2v) is 9.52. The number of benzene rings is 3. The summed E-state index contributed by atoms with van der Waals surface area (Å²) < 4.78 is 22.1. The van der Waals surface area contributed by atoms with Crippen molar-refractivity contribution in [3.05, 3.63) is 82.9 Å². The monoisotopic (exact) mass is 508 g/mol. The van der Waals surface area contributed by atoms with Gasteiger partial charge < -0.3 is 34.3 Å². The van der Waals surface area contributed by atoms with Crippen molar-refractivity contribution in [2.45, 2.75) is 25.4 Å². The SMILES string of the molecule is COc1ccc2c(c1)Oc1cc(OC)ccc1C2(O)c1ccc(CCC(=O)OCC(C)(CO)CO)cc1. The van der Waals surface area contributed by atoms with E-state index in [2.05, 4.69) is 0 Å². The highest BCUT2D eigenvalue weighted by Gasteiger charge is 2.42. The van der Waals surface area contributed by atoms with Gasteiger partial charge in [0.2, 0.25) is 0 Å². The minimum absolute atomic E-state index is 0.0543. The summed E-state index contributed by atoms with van der Waals surface area (Å²) >= 11 is 0. The summed E-state index contributed by atoms with van der Waals surface area (Å²) in [5, 5.41) is 30.9. The molecule has 0 aliphatic carbocycles. The Morgan fingerprint density at radius 1 is 0.892 bits per heavy atom. The van der Waals surface area contributed by atoms with Gasteiger partial charge in [0.05, 0.1) is 27.4 Å². The number of ether oxygens (including phenoxy) is 4. The highest BCUT2D eigenvalue weighted by atomic mass is 16.5. The standard InChI is InChI=1S/C29H32O8/c1-28(16-30,17-31)18-36-27(32)13-6-19-4-7-20(8-5-19)29(33)23-11-9-21(34-2)14-25(23)37-26-15-22(35-3)10-12-24(26)29/h4-5,7-12,14-15,30-31,33H,6,13,16-18H2,1-3H3. The number of aliphatic hydroxyl groups excluding tert-OH is 2. The minimum Gasteiger partial charge on any atom is -0.497 e. The molecule has 1 heterocycles. The predicted molar refractivity (Wildman–Crippen MR) is 136 cm³/mol. The molecule has 8 nitrogen and oxygen atoms in total. The Labute approximate surface area is 216 Å². The smallest absolute Gasteiger partial charge is 0.306 e. The van der Waals surface area contributed by atoms with Crippen molar-refractivity contribution < 1.29 is 39.1 Å². The van der Waals surface area contributed by atoms with E-state index in [1.165, 1.54) is 0 Å². The lowest BCUT2D eigenvalue weighted by atomic mass is 9.78. The van der Waals surface area contributed by atoms with E-state index in [0.29, 0.717) is 46.1 Å². The van der Waals surface area contributed by atoms with E-state index in [9.17, 15) is 20.1 Å². The first-order chi connectivity index (χ1) is 17.8. The molecule has 0 saturated carbocycles. The van der Waals surface area contributed by atoms with Gasteiger partial charge in [-0.2, -0.15) is 0 Å². The maximum atomic E-state index is 12.2. The number of hydrogen-bond acceptors (Lipinski definition) is 8. The van der Waals surface area contributed by atoms with Crippen LogP contribution in [0, 0.1) is 5.41 Å². The molecule has 0 spiro atoms. The van der Waals surface area contributed by atoms with Crippen molar-refractivity contribution in [3.63, 3.8) is 0 Å². The topological polar surface area (TPSA) is 115 Å². The predicted octanol–water partition coefficient (Wildman–Crippen LogP) is 3.56. The zero-order valence-electron chi connectivity index (χ0n) is 21.2. The van der Waals surface area contributed by atoms with Gasteiger partial charge >= 0.3 is 5.97 Å². The fourth-order valence-corrected chi connectivity index (χ4v) is 4.23. The quantitative estimate of drug-likeness (QED) is 0.356. The van der Waals surface area contributed by atoms with Crippen molar-refractivity contribution in [2.75, 3.05) is 34.0 Å². The number of hydrogen-bond donors (Lipinski definition) is 3. The Kier molecular flexibility index (Phi) is 7.73. The normalized spacial score (nSPS) is 13.7. The summed E-state index contributed by atoms with van der Waals surface area (Å²) in [7, 11) is 3.14. The second kappa shape index (κ2) is 10.8. The summed E-state index contributed by atoms with van der Waals surface area (Å²) in [5.41, 5.74) is 0.348. The van der Waals surface area contributed by atoms with Gasteiger partial charge in [-0.15, -0.1) is 0 Å². The summed E-state index contributed by atoms with van der Waals surface area (Å²) in [6.45, 7) is 1.03. The Hall–Kier alpha value is -3.59. The third kappa shape index (κ3) is 5.27. The fraction of sp³-hybridized carbons (Fsp3) is 0.345. The summed E-state index contributed by atoms with van der Waals surface area (Å²) in [4.78, 5) is 12.2. The van der Waals surface area contributed by atoms with Gasteiger partial charge in [0.25, 0.3) is 0 Å². The molecule has 0 aromatic heterocycles. The molecule has 37 heavy (non-hydrogen) atoms. The summed E-state index contributed by atoms with van der Waals surface area (Å²) in [6.07, 6.45) is 0.590. The molecule has 0 fully saturated rings. The second-order valence-electron chi connectivity index (χ2n) is 9.52. The van der Waals surface area contributed by atoms with E-state index in [-0.39, 0.29) is 26.2 Å². The van der Waals surface area contributed by atoms with Crippen LogP contribution in [-0.4, -0.2) is 55.3 Å². The Morgan fingerprint density at radius 3 is 1.92 bits per heavy atom. The van der Waals surface area contributed by atoms with Gasteiger partial charge in [-0.05, 0) is 41.8 Å². The van der Waals surface area contributed by atoms with Crippen LogP contribution in [0.25, 0.3) is 0 Å². The number of rotatable bonds is 10. The molecule has 1 aliphatic heterocycles. The highest BCUT2D eigenvalue weighted by Crippen LogP contribution is 2.51. The molecule has 8 heteroatoms. The molecule has 196 valence electrons. The number of aliphatic hydroxyl groups is 3. The molecule has 0 bridgehead atoms. The van der Waals surface area contributed by atoms with E-state index >= 15 is 0 Å². The van der Waals surface area contributed by atoms with Crippen molar-refractivity contribution in [2.24, 2.45) is 5.41 Å². The Morgan fingerprint density at radius 2 is 1.43 bits per heavy atom. The molecule has 0 radical (unpaired) electrons. The van der Waals surface area contributed by atoms with Gasteiger partial charge in [0.1, 0.15) is 35.2 Å². The van der Waals surface area contributed by atoms with Crippen LogP contribution >= 0.6 is 0 Å². The first kappa shape index (κ1) is 26.5. The maximum absolute atomic E-state index is 12.2. The third-order valence-electron chi connectivity index (χ3n) is 6.71. The van der Waals surface area contributed by atoms with Crippen LogP contribution in [0.3, 0.4) is 0 Å². The van der Waals surface area contributed by atoms with E-state index in [4.69, 9.17) is 18.9 Å². The van der Waals surface area contributed by atoms with Crippen LogP contribution in [0.1, 0.15) is 35.6 Å². The van der Waals surface area contributed by atoms with Crippen molar-refractivity contribution >= 4 is 5.97 Å². The summed E-state index contributed by atoms with van der Waals surface area (Å²) in [5.74, 6) is 1.76. The van der Waals surface area contributed by atoms with Gasteiger partial charge in [-0.3, -0.25) is 4.79 Å². The first-order valence-corrected chi connectivity index (χ1v) is 12.0.